The van der Waals surface area contributed by atoms with E-state index in [2.05, 4.69) is 41.6 Å². The summed E-state index contributed by atoms with van der Waals surface area (Å²) in [6.45, 7) is 6.26. The zero-order chi connectivity index (χ0) is 30.1. The highest BCUT2D eigenvalue weighted by molar-refractivity contribution is 7.80. The average Bonchev–Trinajstić information content (AvgIpc) is 3.53. The number of hydrogen-bond acceptors (Lipinski definition) is 5. The van der Waals surface area contributed by atoms with E-state index in [1.54, 1.807) is 12.1 Å². The van der Waals surface area contributed by atoms with Gasteiger partial charge < -0.3 is 24.3 Å². The number of nitrogens with zero attached hydrogens (tertiary/aromatic N) is 3. The second-order valence-electron chi connectivity index (χ2n) is 10.6. The van der Waals surface area contributed by atoms with Crippen LogP contribution in [0.15, 0.2) is 103 Å². The number of nitrogens with one attached hydrogen (secondary N) is 1. The van der Waals surface area contributed by atoms with Gasteiger partial charge in [-0.2, -0.15) is 0 Å². The standard InChI is InChI=1S/C35H32N4O3S/c1-22-8-16-28(17-9-22)42-29-18-14-27(15-19-29)39-33(32(37-35(39)43)31-7-5-6-20-36-31)30-21-23(2)38(24(30)3)26-12-10-25(11-13-26)34(40)41-4/h5-21,32-33H,1-4H3,(H,37,43)/t32-,33+/m1/s1. The van der Waals surface area contributed by atoms with E-state index in [-0.39, 0.29) is 18.1 Å². The normalized spacial score (nSPS) is 16.2. The van der Waals surface area contributed by atoms with E-state index in [4.69, 9.17) is 26.7 Å². The van der Waals surface area contributed by atoms with E-state index in [1.807, 2.05) is 85.1 Å². The van der Waals surface area contributed by atoms with Gasteiger partial charge in [0.15, 0.2) is 5.11 Å². The molecule has 0 bridgehead atoms. The lowest BCUT2D eigenvalue weighted by atomic mass is 9.96. The highest BCUT2D eigenvalue weighted by Crippen LogP contribution is 2.44. The number of carbonyl (C=O) groups excluding carboxylic acids is 1. The summed E-state index contributed by atoms with van der Waals surface area (Å²) < 4.78 is 13.2. The van der Waals surface area contributed by atoms with Crippen molar-refractivity contribution in [3.63, 3.8) is 0 Å². The molecule has 43 heavy (non-hydrogen) atoms. The topological polar surface area (TPSA) is 68.6 Å². The predicted molar refractivity (Wildman–Crippen MR) is 172 cm³/mol. The maximum absolute atomic E-state index is 12.0. The Morgan fingerprint density at radius 1 is 0.860 bits per heavy atom. The van der Waals surface area contributed by atoms with Gasteiger partial charge in [0.2, 0.25) is 0 Å². The Morgan fingerprint density at radius 2 is 1.51 bits per heavy atom. The fraction of sp³-hybridized carbons (Fsp3) is 0.171. The van der Waals surface area contributed by atoms with Gasteiger partial charge in [0.1, 0.15) is 11.5 Å². The van der Waals surface area contributed by atoms with Gasteiger partial charge in [-0.3, -0.25) is 4.98 Å². The van der Waals surface area contributed by atoms with Crippen LogP contribution in [0.3, 0.4) is 0 Å². The minimum Gasteiger partial charge on any atom is -0.465 e. The van der Waals surface area contributed by atoms with Crippen molar-refractivity contribution < 1.29 is 14.3 Å². The number of methoxy groups -OCH3 is 1. The molecule has 2 atom stereocenters. The fourth-order valence-corrected chi connectivity index (χ4v) is 6.06. The molecule has 1 fully saturated rings. The lowest BCUT2D eigenvalue weighted by Crippen LogP contribution is -2.29. The molecule has 0 aliphatic carbocycles. The van der Waals surface area contributed by atoms with Crippen LogP contribution in [0, 0.1) is 20.8 Å². The van der Waals surface area contributed by atoms with Crippen LogP contribution in [-0.2, 0) is 4.74 Å². The molecule has 8 heteroatoms. The van der Waals surface area contributed by atoms with Crippen molar-refractivity contribution in [1.82, 2.24) is 14.9 Å². The quantitative estimate of drug-likeness (QED) is 0.155. The lowest BCUT2D eigenvalue weighted by molar-refractivity contribution is 0.0600. The molecule has 5 aromatic rings. The van der Waals surface area contributed by atoms with E-state index in [9.17, 15) is 4.79 Å². The lowest BCUT2D eigenvalue weighted by Gasteiger charge is -2.28. The number of hydrogen-bond donors (Lipinski definition) is 1. The SMILES string of the molecule is COC(=O)c1ccc(-n2c(C)cc([C@H]3[C@@H](c4ccccn4)NC(=S)N3c3ccc(Oc4ccc(C)cc4)cc3)c2C)cc1. The molecule has 0 spiro atoms. The minimum absolute atomic E-state index is 0.166. The summed E-state index contributed by atoms with van der Waals surface area (Å²) in [7, 11) is 1.39. The van der Waals surface area contributed by atoms with Gasteiger partial charge >= 0.3 is 5.97 Å². The Morgan fingerprint density at radius 3 is 2.14 bits per heavy atom. The van der Waals surface area contributed by atoms with Crippen LogP contribution < -0.4 is 15.0 Å². The third-order valence-electron chi connectivity index (χ3n) is 7.81. The van der Waals surface area contributed by atoms with Gasteiger partial charge in [0.25, 0.3) is 0 Å². The molecule has 216 valence electrons. The third-order valence-corrected chi connectivity index (χ3v) is 8.12. The maximum Gasteiger partial charge on any atom is 0.337 e. The van der Waals surface area contributed by atoms with E-state index in [1.165, 1.54) is 12.7 Å². The number of ether oxygens (including phenoxy) is 2. The molecule has 6 rings (SSSR count). The molecule has 7 nitrogen and oxygen atoms in total. The number of carbonyl (C=O) groups is 1. The van der Waals surface area contributed by atoms with Crippen molar-refractivity contribution in [2.45, 2.75) is 32.9 Å². The average molecular weight is 589 g/mol. The third kappa shape index (κ3) is 5.49. The summed E-state index contributed by atoms with van der Waals surface area (Å²) >= 11 is 5.96. The number of thiocarbonyl (C=S) groups is 1. The van der Waals surface area contributed by atoms with E-state index < -0.39 is 0 Å². The molecule has 0 unspecified atom stereocenters. The highest BCUT2D eigenvalue weighted by atomic mass is 32.1. The van der Waals surface area contributed by atoms with E-state index in [0.717, 1.165) is 45.5 Å². The van der Waals surface area contributed by atoms with Gasteiger partial charge in [-0.25, -0.2) is 4.79 Å². The van der Waals surface area contributed by atoms with Crippen molar-refractivity contribution in [2.24, 2.45) is 0 Å². The Kier molecular flexibility index (Phi) is 7.69. The Labute approximate surface area is 256 Å². The van der Waals surface area contributed by atoms with Crippen molar-refractivity contribution >= 4 is 29.0 Å². The maximum atomic E-state index is 12.0. The van der Waals surface area contributed by atoms with Gasteiger partial charge in [0, 0.05) is 29.0 Å². The highest BCUT2D eigenvalue weighted by Gasteiger charge is 2.42. The van der Waals surface area contributed by atoms with Gasteiger partial charge in [0.05, 0.1) is 30.5 Å². The van der Waals surface area contributed by atoms with Crippen LogP contribution in [0.4, 0.5) is 5.69 Å². The first-order valence-corrected chi connectivity index (χ1v) is 14.5. The summed E-state index contributed by atoms with van der Waals surface area (Å²) in [5, 5.41) is 4.18. The second kappa shape index (κ2) is 11.7. The Balaban J connectivity index is 1.38. The molecule has 2 aromatic heterocycles. The molecule has 1 aliphatic heterocycles. The summed E-state index contributed by atoms with van der Waals surface area (Å²) in [5.41, 5.74) is 7.77. The molecular weight excluding hydrogens is 556 g/mol. The molecule has 1 saturated heterocycles. The van der Waals surface area contributed by atoms with E-state index >= 15 is 0 Å². The zero-order valence-corrected chi connectivity index (χ0v) is 25.3. The number of pyridine rings is 1. The molecule has 0 saturated carbocycles. The second-order valence-corrected chi connectivity index (χ2v) is 11.0. The van der Waals surface area contributed by atoms with Crippen molar-refractivity contribution in [2.75, 3.05) is 12.0 Å². The molecule has 3 aromatic carbocycles. The predicted octanol–water partition coefficient (Wildman–Crippen LogP) is 7.55. The first-order valence-electron chi connectivity index (χ1n) is 14.1. The number of rotatable bonds is 7. The monoisotopic (exact) mass is 588 g/mol. The first kappa shape index (κ1) is 28.2. The van der Waals surface area contributed by atoms with Crippen LogP contribution in [0.2, 0.25) is 0 Å². The Bertz CT molecular complexity index is 1770. The van der Waals surface area contributed by atoms with Crippen LogP contribution in [0.25, 0.3) is 5.69 Å². The molecule has 1 N–H and O–H groups in total. The summed E-state index contributed by atoms with van der Waals surface area (Å²) in [5.74, 6) is 1.18. The fourth-order valence-electron chi connectivity index (χ4n) is 5.71. The van der Waals surface area contributed by atoms with Crippen LogP contribution in [0.5, 0.6) is 11.5 Å². The number of anilines is 1. The smallest absolute Gasteiger partial charge is 0.337 e. The molecule has 0 amide bonds. The zero-order valence-electron chi connectivity index (χ0n) is 24.4. The minimum atomic E-state index is -0.358. The van der Waals surface area contributed by atoms with Gasteiger partial charge in [-0.1, -0.05) is 23.8 Å². The summed E-state index contributed by atoms with van der Waals surface area (Å²) in [6.07, 6.45) is 1.81. The Hall–Kier alpha value is -4.95. The molecule has 3 heterocycles. The summed E-state index contributed by atoms with van der Waals surface area (Å²) in [6, 6.07) is 31.3. The van der Waals surface area contributed by atoms with Crippen LogP contribution in [0.1, 0.15) is 50.7 Å². The number of esters is 1. The molecular formula is C35H32N4O3S. The number of aryl methyl sites for hydroxylation is 2. The van der Waals surface area contributed by atoms with E-state index in [0.29, 0.717) is 10.7 Å². The number of benzene rings is 3. The first-order chi connectivity index (χ1) is 20.8. The van der Waals surface area contributed by atoms with Gasteiger partial charge in [-0.15, -0.1) is 0 Å². The van der Waals surface area contributed by atoms with Crippen LogP contribution >= 0.6 is 12.2 Å². The summed E-state index contributed by atoms with van der Waals surface area (Å²) in [4.78, 5) is 18.9. The molecule has 1 aliphatic rings. The largest absolute Gasteiger partial charge is 0.465 e. The van der Waals surface area contributed by atoms with Crippen molar-refractivity contribution in [3.05, 3.63) is 137 Å². The van der Waals surface area contributed by atoms with Crippen LogP contribution in [-0.4, -0.2) is 27.7 Å². The van der Waals surface area contributed by atoms with Crippen molar-refractivity contribution in [3.8, 4) is 17.2 Å². The van der Waals surface area contributed by atoms with Gasteiger partial charge in [-0.05, 0) is 117 Å². The van der Waals surface area contributed by atoms with Crippen molar-refractivity contribution in [1.29, 1.82) is 0 Å². The number of aromatic nitrogens is 2. The molecule has 0 radical (unpaired) electrons.